The Labute approximate surface area is 195 Å². The normalized spacial score (nSPS) is 10.7. The van der Waals surface area contributed by atoms with Gasteiger partial charge in [-0.2, -0.15) is 0 Å². The van der Waals surface area contributed by atoms with Gasteiger partial charge in [0, 0.05) is 17.9 Å². The van der Waals surface area contributed by atoms with E-state index in [1.165, 1.54) is 22.5 Å². The summed E-state index contributed by atoms with van der Waals surface area (Å²) in [7, 11) is 0. The third-order valence-electron chi connectivity index (χ3n) is 4.65. The quantitative estimate of drug-likeness (QED) is 0.260. The number of hydrogen-bond acceptors (Lipinski definition) is 5. The van der Waals surface area contributed by atoms with Crippen LogP contribution in [-0.4, -0.2) is 22.2 Å². The van der Waals surface area contributed by atoms with Gasteiger partial charge in [0.15, 0.2) is 8.29 Å². The molecule has 0 saturated heterocycles. The molecule has 0 saturated carbocycles. The summed E-state index contributed by atoms with van der Waals surface area (Å²) in [5.41, 5.74) is 3.94. The second-order valence-electron chi connectivity index (χ2n) is 6.86. The van der Waals surface area contributed by atoms with E-state index in [0.717, 1.165) is 22.2 Å². The second-order valence-corrected chi connectivity index (χ2v) is 9.70. The van der Waals surface area contributed by atoms with Crippen LogP contribution in [0.1, 0.15) is 21.5 Å². The fraction of sp³-hybridized carbons (Fsp3) is 0.125. The van der Waals surface area contributed by atoms with Crippen LogP contribution in [0.25, 0.3) is 5.69 Å². The molecule has 0 unspecified atom stereocenters. The highest BCUT2D eigenvalue weighted by atomic mass is 32.2. The Morgan fingerprint density at radius 2 is 1.58 bits per heavy atom. The topological polar surface area (TPSA) is 46.9 Å². The lowest BCUT2D eigenvalue weighted by Gasteiger charge is -2.07. The molecule has 0 aliphatic rings. The molecule has 156 valence electrons. The van der Waals surface area contributed by atoms with E-state index in [9.17, 15) is 4.79 Å². The Morgan fingerprint density at radius 1 is 0.935 bits per heavy atom. The van der Waals surface area contributed by atoms with Crippen LogP contribution < -0.4 is 5.32 Å². The standard InChI is InChI=1S/C24H21N3OS3/c28-22(25-16-15-18-7-3-1-4-8-18)20-11-13-21(14-12-20)27-24(29)31-23(26-27)30-17-19-9-5-2-6-10-19/h1-14H,15-17H2,(H,25,28). The SMILES string of the molecule is O=C(NCCc1ccccc1)c1ccc(-n2nc(SCc3ccccc3)sc2=S)cc1. The number of benzene rings is 3. The van der Waals surface area contributed by atoms with E-state index in [0.29, 0.717) is 16.1 Å². The average Bonchev–Trinajstić information content (AvgIpc) is 3.19. The summed E-state index contributed by atoms with van der Waals surface area (Å²) in [5.74, 6) is 0.772. The van der Waals surface area contributed by atoms with Crippen molar-refractivity contribution in [3.8, 4) is 5.69 Å². The molecule has 0 spiro atoms. The minimum atomic E-state index is -0.0801. The monoisotopic (exact) mass is 463 g/mol. The molecule has 0 fully saturated rings. The summed E-state index contributed by atoms with van der Waals surface area (Å²) in [5, 5.41) is 7.62. The van der Waals surface area contributed by atoms with Crippen LogP contribution >= 0.6 is 35.3 Å². The maximum atomic E-state index is 12.4. The first-order valence-electron chi connectivity index (χ1n) is 9.88. The predicted octanol–water partition coefficient (Wildman–Crippen LogP) is 5.93. The van der Waals surface area contributed by atoms with Crippen LogP contribution in [0.2, 0.25) is 0 Å². The highest BCUT2D eigenvalue weighted by Gasteiger charge is 2.09. The lowest BCUT2D eigenvalue weighted by Crippen LogP contribution is -2.25. The van der Waals surface area contributed by atoms with E-state index in [4.69, 9.17) is 12.2 Å². The highest BCUT2D eigenvalue weighted by Crippen LogP contribution is 2.27. The van der Waals surface area contributed by atoms with E-state index >= 15 is 0 Å². The number of nitrogens with zero attached hydrogens (tertiary/aromatic N) is 2. The number of aromatic nitrogens is 2. The second kappa shape index (κ2) is 10.5. The van der Waals surface area contributed by atoms with E-state index in [1.807, 2.05) is 60.7 Å². The van der Waals surface area contributed by atoms with Gasteiger partial charge in [0.25, 0.3) is 5.91 Å². The van der Waals surface area contributed by atoms with E-state index in [2.05, 4.69) is 34.7 Å². The zero-order valence-corrected chi connectivity index (χ0v) is 19.2. The fourth-order valence-corrected chi connectivity index (χ4v) is 5.34. The lowest BCUT2D eigenvalue weighted by atomic mass is 10.1. The molecule has 4 nitrogen and oxygen atoms in total. The Morgan fingerprint density at radius 3 is 2.26 bits per heavy atom. The largest absolute Gasteiger partial charge is 0.352 e. The van der Waals surface area contributed by atoms with Gasteiger partial charge in [-0.05, 0) is 54.0 Å². The smallest absolute Gasteiger partial charge is 0.251 e. The Kier molecular flexibility index (Phi) is 7.30. The van der Waals surface area contributed by atoms with Crippen LogP contribution in [0.5, 0.6) is 0 Å². The summed E-state index contributed by atoms with van der Waals surface area (Å²) in [6.07, 6.45) is 0.808. The van der Waals surface area contributed by atoms with Crippen molar-refractivity contribution in [1.29, 1.82) is 0 Å². The summed E-state index contributed by atoms with van der Waals surface area (Å²) >= 11 is 8.67. The molecule has 31 heavy (non-hydrogen) atoms. The van der Waals surface area contributed by atoms with Crippen molar-refractivity contribution in [3.05, 3.63) is 106 Å². The summed E-state index contributed by atoms with van der Waals surface area (Å²) < 4.78 is 3.37. The number of nitrogens with one attached hydrogen (secondary N) is 1. The Hall–Kier alpha value is -2.74. The van der Waals surface area contributed by atoms with Crippen LogP contribution in [0.15, 0.2) is 89.3 Å². The molecule has 4 rings (SSSR count). The molecular weight excluding hydrogens is 442 g/mol. The molecule has 1 heterocycles. The van der Waals surface area contributed by atoms with Crippen molar-refractivity contribution in [2.24, 2.45) is 0 Å². The van der Waals surface area contributed by atoms with Gasteiger partial charge in [-0.1, -0.05) is 83.8 Å². The third kappa shape index (κ3) is 5.91. The zero-order valence-electron chi connectivity index (χ0n) is 16.7. The van der Waals surface area contributed by atoms with Crippen molar-refractivity contribution < 1.29 is 4.79 Å². The molecule has 0 aliphatic carbocycles. The zero-order chi connectivity index (χ0) is 21.5. The first kappa shape index (κ1) is 21.5. The van der Waals surface area contributed by atoms with Crippen molar-refractivity contribution >= 4 is 41.2 Å². The molecule has 1 amide bonds. The van der Waals surface area contributed by atoms with Crippen molar-refractivity contribution in [1.82, 2.24) is 15.1 Å². The van der Waals surface area contributed by atoms with Crippen LogP contribution in [0, 0.1) is 3.95 Å². The van der Waals surface area contributed by atoms with Crippen LogP contribution in [0.3, 0.4) is 0 Å². The van der Waals surface area contributed by atoms with Gasteiger partial charge in [0.1, 0.15) is 0 Å². The van der Waals surface area contributed by atoms with Gasteiger partial charge in [-0.3, -0.25) is 4.79 Å². The fourth-order valence-electron chi connectivity index (χ4n) is 3.02. The van der Waals surface area contributed by atoms with Crippen LogP contribution in [-0.2, 0) is 12.2 Å². The highest BCUT2D eigenvalue weighted by molar-refractivity contribution is 8.00. The number of amides is 1. The molecule has 4 aromatic rings. The third-order valence-corrected chi connectivity index (χ3v) is 7.09. The predicted molar refractivity (Wildman–Crippen MR) is 131 cm³/mol. The molecule has 1 aromatic heterocycles. The number of rotatable bonds is 8. The first-order valence-corrected chi connectivity index (χ1v) is 12.1. The summed E-state index contributed by atoms with van der Waals surface area (Å²) in [6, 6.07) is 27.8. The van der Waals surface area contributed by atoms with Crippen molar-refractivity contribution in [2.75, 3.05) is 6.54 Å². The molecule has 7 heteroatoms. The summed E-state index contributed by atoms with van der Waals surface area (Å²) in [6.45, 7) is 0.601. The molecule has 1 N–H and O–H groups in total. The summed E-state index contributed by atoms with van der Waals surface area (Å²) in [4.78, 5) is 12.4. The molecule has 0 radical (unpaired) electrons. The molecule has 0 atom stereocenters. The molecule has 3 aromatic carbocycles. The van der Waals surface area contributed by atoms with E-state index in [1.54, 1.807) is 16.4 Å². The Bertz CT molecular complexity index is 1190. The number of carbonyl (C=O) groups excluding carboxylic acids is 1. The van der Waals surface area contributed by atoms with Gasteiger partial charge >= 0.3 is 0 Å². The van der Waals surface area contributed by atoms with Gasteiger partial charge in [0.2, 0.25) is 0 Å². The Balaban J connectivity index is 1.35. The van der Waals surface area contributed by atoms with Gasteiger partial charge in [0.05, 0.1) is 5.69 Å². The molecule has 0 aliphatic heterocycles. The van der Waals surface area contributed by atoms with Gasteiger partial charge in [-0.15, -0.1) is 5.10 Å². The number of carbonyl (C=O) groups is 1. The minimum Gasteiger partial charge on any atom is -0.352 e. The van der Waals surface area contributed by atoms with Crippen LogP contribution in [0.4, 0.5) is 0 Å². The van der Waals surface area contributed by atoms with E-state index < -0.39 is 0 Å². The average molecular weight is 464 g/mol. The van der Waals surface area contributed by atoms with Gasteiger partial charge in [-0.25, -0.2) is 4.68 Å². The first-order chi connectivity index (χ1) is 15.2. The van der Waals surface area contributed by atoms with Crippen molar-refractivity contribution in [3.63, 3.8) is 0 Å². The van der Waals surface area contributed by atoms with E-state index in [-0.39, 0.29) is 5.91 Å². The number of thioether (sulfide) groups is 1. The maximum Gasteiger partial charge on any atom is 0.251 e. The van der Waals surface area contributed by atoms with Gasteiger partial charge < -0.3 is 5.32 Å². The molecule has 0 bridgehead atoms. The van der Waals surface area contributed by atoms with Crippen molar-refractivity contribution in [2.45, 2.75) is 16.5 Å². The lowest BCUT2D eigenvalue weighted by molar-refractivity contribution is 0.0954. The minimum absolute atomic E-state index is 0.0801. The maximum absolute atomic E-state index is 12.4. The number of hydrogen-bond donors (Lipinski definition) is 1. The molecular formula is C24H21N3OS3.